The average Bonchev–Trinajstić information content (AvgIpc) is 3.41. The third-order valence-corrected chi connectivity index (χ3v) is 7.54. The fraction of sp³-hybridized carbons (Fsp3) is 0.258. The Labute approximate surface area is 212 Å². The molecule has 182 valence electrons. The Morgan fingerprint density at radius 1 is 0.861 bits per heavy atom. The van der Waals surface area contributed by atoms with E-state index in [9.17, 15) is 9.59 Å². The molecular formula is C31H31N3O2. The van der Waals surface area contributed by atoms with Gasteiger partial charge in [-0.2, -0.15) is 0 Å². The van der Waals surface area contributed by atoms with Crippen molar-refractivity contribution in [3.05, 3.63) is 95.6 Å². The van der Waals surface area contributed by atoms with Crippen molar-refractivity contribution < 1.29 is 9.59 Å². The van der Waals surface area contributed by atoms with E-state index in [-0.39, 0.29) is 11.8 Å². The highest BCUT2D eigenvalue weighted by molar-refractivity contribution is 6.10. The number of carbonyl (C=O) groups excluding carboxylic acids is 2. The molecule has 2 amide bonds. The first-order chi connectivity index (χ1) is 17.4. The number of aryl methyl sites for hydroxylation is 2. The van der Waals surface area contributed by atoms with Gasteiger partial charge >= 0.3 is 0 Å². The molecule has 5 rings (SSSR count). The van der Waals surface area contributed by atoms with Crippen molar-refractivity contribution in [2.24, 2.45) is 0 Å². The van der Waals surface area contributed by atoms with Gasteiger partial charge in [0.25, 0.3) is 5.91 Å². The van der Waals surface area contributed by atoms with Gasteiger partial charge < -0.3 is 10.2 Å². The number of hydrogen-bond acceptors (Lipinski definition) is 3. The van der Waals surface area contributed by atoms with E-state index < -0.39 is 5.54 Å². The van der Waals surface area contributed by atoms with Gasteiger partial charge in [-0.1, -0.05) is 79.6 Å². The topological polar surface area (TPSA) is 62.3 Å². The van der Waals surface area contributed by atoms with Gasteiger partial charge in [0.05, 0.1) is 16.8 Å². The molecule has 1 heterocycles. The highest BCUT2D eigenvalue weighted by atomic mass is 16.2. The van der Waals surface area contributed by atoms with Crippen LogP contribution in [0.3, 0.4) is 0 Å². The van der Waals surface area contributed by atoms with E-state index in [4.69, 9.17) is 4.98 Å². The highest BCUT2D eigenvalue weighted by Crippen LogP contribution is 2.38. The number of para-hydroxylation sites is 2. The molecule has 0 aliphatic heterocycles. The smallest absolute Gasteiger partial charge is 0.255 e. The molecule has 1 aliphatic carbocycles. The number of pyridine rings is 1. The Morgan fingerprint density at radius 3 is 2.19 bits per heavy atom. The van der Waals surface area contributed by atoms with Crippen molar-refractivity contribution in [1.82, 2.24) is 9.88 Å². The summed E-state index contributed by atoms with van der Waals surface area (Å²) < 4.78 is 0. The number of likely N-dealkylation sites (N-methyl/N-ethyl adjacent to an activating group) is 1. The highest BCUT2D eigenvalue weighted by Gasteiger charge is 2.47. The monoisotopic (exact) mass is 477 g/mol. The van der Waals surface area contributed by atoms with Gasteiger partial charge in [-0.05, 0) is 49.9 Å². The van der Waals surface area contributed by atoms with Crippen molar-refractivity contribution in [1.29, 1.82) is 0 Å². The molecule has 1 N–H and O–H groups in total. The molecule has 0 saturated heterocycles. The number of anilines is 1. The normalized spacial score (nSPS) is 14.5. The summed E-state index contributed by atoms with van der Waals surface area (Å²) in [5, 5.41) is 3.97. The van der Waals surface area contributed by atoms with Gasteiger partial charge in [-0.25, -0.2) is 4.98 Å². The summed E-state index contributed by atoms with van der Waals surface area (Å²) in [5.74, 6) is -0.278. The van der Waals surface area contributed by atoms with Crippen LogP contribution in [0, 0.1) is 13.8 Å². The molecule has 1 fully saturated rings. The van der Waals surface area contributed by atoms with Gasteiger partial charge in [-0.3, -0.25) is 9.59 Å². The average molecular weight is 478 g/mol. The number of aromatic nitrogens is 1. The number of rotatable bonds is 5. The number of nitrogens with zero attached hydrogens (tertiary/aromatic N) is 2. The fourth-order valence-electron chi connectivity index (χ4n) is 5.40. The number of amides is 2. The van der Waals surface area contributed by atoms with Crippen LogP contribution in [-0.2, 0) is 4.79 Å². The van der Waals surface area contributed by atoms with Crippen LogP contribution in [-0.4, -0.2) is 34.3 Å². The Hall–Kier alpha value is -3.99. The Bertz CT molecular complexity index is 1420. The number of benzene rings is 3. The molecule has 1 saturated carbocycles. The van der Waals surface area contributed by atoms with Crippen molar-refractivity contribution in [3.8, 4) is 11.3 Å². The molecule has 0 atom stereocenters. The minimum atomic E-state index is -0.900. The van der Waals surface area contributed by atoms with E-state index in [1.54, 1.807) is 11.9 Å². The lowest BCUT2D eigenvalue weighted by atomic mass is 9.92. The summed E-state index contributed by atoms with van der Waals surface area (Å²) >= 11 is 0. The van der Waals surface area contributed by atoms with Crippen LogP contribution in [0.25, 0.3) is 22.2 Å². The van der Waals surface area contributed by atoms with E-state index in [1.807, 2.05) is 92.7 Å². The van der Waals surface area contributed by atoms with Crippen LogP contribution in [0.4, 0.5) is 5.69 Å². The zero-order valence-electron chi connectivity index (χ0n) is 21.0. The number of fused-ring (bicyclic) bond motifs is 1. The van der Waals surface area contributed by atoms with Gasteiger partial charge in [0, 0.05) is 23.7 Å². The van der Waals surface area contributed by atoms with E-state index in [0.29, 0.717) is 18.4 Å². The zero-order valence-corrected chi connectivity index (χ0v) is 21.0. The minimum Gasteiger partial charge on any atom is -0.327 e. The van der Waals surface area contributed by atoms with Crippen LogP contribution >= 0.6 is 0 Å². The molecular weight excluding hydrogens is 446 g/mol. The molecule has 4 aromatic rings. The molecule has 1 aliphatic rings. The summed E-state index contributed by atoms with van der Waals surface area (Å²) in [6.45, 7) is 3.99. The summed E-state index contributed by atoms with van der Waals surface area (Å²) in [5.41, 5.74) is 4.97. The number of nitrogens with one attached hydrogen (secondary N) is 1. The molecule has 0 spiro atoms. The fourth-order valence-corrected chi connectivity index (χ4v) is 5.40. The lowest BCUT2D eigenvalue weighted by Gasteiger charge is -2.38. The molecule has 3 aromatic carbocycles. The van der Waals surface area contributed by atoms with Crippen molar-refractivity contribution in [3.63, 3.8) is 0 Å². The van der Waals surface area contributed by atoms with Crippen LogP contribution in [0.1, 0.15) is 47.2 Å². The largest absolute Gasteiger partial charge is 0.327 e. The summed E-state index contributed by atoms with van der Waals surface area (Å²) in [4.78, 5) is 34.5. The Balaban J connectivity index is 1.55. The minimum absolute atomic E-state index is 0.116. The Kier molecular flexibility index (Phi) is 6.31. The number of hydrogen-bond donors (Lipinski definition) is 1. The lowest BCUT2D eigenvalue weighted by molar-refractivity contribution is -0.125. The van der Waals surface area contributed by atoms with Crippen LogP contribution < -0.4 is 5.32 Å². The van der Waals surface area contributed by atoms with Gasteiger partial charge in [0.2, 0.25) is 5.91 Å². The first-order valence-corrected chi connectivity index (χ1v) is 12.5. The number of carbonyl (C=O) groups is 2. The van der Waals surface area contributed by atoms with E-state index in [1.165, 1.54) is 0 Å². The van der Waals surface area contributed by atoms with Crippen molar-refractivity contribution in [2.45, 2.75) is 45.1 Å². The second kappa shape index (κ2) is 9.57. The molecule has 36 heavy (non-hydrogen) atoms. The summed E-state index contributed by atoms with van der Waals surface area (Å²) in [6, 6.07) is 25.4. The summed E-state index contributed by atoms with van der Waals surface area (Å²) in [7, 11) is 1.77. The van der Waals surface area contributed by atoms with Crippen molar-refractivity contribution >= 4 is 28.4 Å². The molecule has 5 nitrogen and oxygen atoms in total. The molecule has 0 radical (unpaired) electrons. The predicted octanol–water partition coefficient (Wildman–Crippen LogP) is 6.54. The van der Waals surface area contributed by atoms with Crippen LogP contribution in [0.15, 0.2) is 78.9 Å². The standard InChI is InChI=1S/C31H31N3O2/c1-21-12-11-13-22(2)28(21)33-30(36)31(18-9-10-19-31)34(3)29(35)25-20-27(23-14-5-4-6-15-23)32-26-17-8-7-16-24(25)26/h4-8,11-17,20H,9-10,18-19H2,1-3H3,(H,33,36). The van der Waals surface area contributed by atoms with Crippen molar-refractivity contribution in [2.75, 3.05) is 12.4 Å². The Morgan fingerprint density at radius 2 is 1.50 bits per heavy atom. The van der Waals surface area contributed by atoms with Gasteiger partial charge in [-0.15, -0.1) is 0 Å². The maximum atomic E-state index is 14.1. The van der Waals surface area contributed by atoms with Crippen LogP contribution in [0.2, 0.25) is 0 Å². The molecule has 1 aromatic heterocycles. The molecule has 0 unspecified atom stereocenters. The second-order valence-corrected chi connectivity index (χ2v) is 9.76. The third-order valence-electron chi connectivity index (χ3n) is 7.54. The van der Waals surface area contributed by atoms with E-state index >= 15 is 0 Å². The van der Waals surface area contributed by atoms with Gasteiger partial charge in [0.15, 0.2) is 0 Å². The first-order valence-electron chi connectivity index (χ1n) is 12.5. The summed E-state index contributed by atoms with van der Waals surface area (Å²) in [6.07, 6.45) is 3.09. The first kappa shape index (κ1) is 23.7. The maximum Gasteiger partial charge on any atom is 0.255 e. The lowest BCUT2D eigenvalue weighted by Crippen LogP contribution is -2.55. The molecule has 0 bridgehead atoms. The predicted molar refractivity (Wildman–Crippen MR) is 145 cm³/mol. The SMILES string of the molecule is Cc1cccc(C)c1NC(=O)C1(N(C)C(=O)c2cc(-c3ccccc3)nc3ccccc23)CCCC1. The molecule has 5 heteroatoms. The van der Waals surface area contributed by atoms with Gasteiger partial charge in [0.1, 0.15) is 5.54 Å². The zero-order chi connectivity index (χ0) is 25.3. The second-order valence-electron chi connectivity index (χ2n) is 9.76. The maximum absolute atomic E-state index is 14.1. The third kappa shape index (κ3) is 4.15. The quantitative estimate of drug-likeness (QED) is 0.355. The van der Waals surface area contributed by atoms with E-state index in [0.717, 1.165) is 51.8 Å². The van der Waals surface area contributed by atoms with E-state index in [2.05, 4.69) is 5.32 Å². The van der Waals surface area contributed by atoms with Crippen LogP contribution in [0.5, 0.6) is 0 Å².